The van der Waals surface area contributed by atoms with Crippen LogP contribution in [0.3, 0.4) is 0 Å². The molecule has 5 nitrogen and oxygen atoms in total. The Morgan fingerprint density at radius 3 is 2.96 bits per heavy atom. The molecule has 0 radical (unpaired) electrons. The summed E-state index contributed by atoms with van der Waals surface area (Å²) in [5.41, 5.74) is 7.24. The largest absolute Gasteiger partial charge is 0.467 e. The fourth-order valence-corrected chi connectivity index (χ4v) is 5.80. The van der Waals surface area contributed by atoms with Crippen LogP contribution in [0.4, 0.5) is 5.82 Å². The summed E-state index contributed by atoms with van der Waals surface area (Å²) in [5.74, 6) is 1.93. The average Bonchev–Trinajstić information content (AvgIpc) is 3.22. The number of rotatable bonds is 4. The highest BCUT2D eigenvalue weighted by molar-refractivity contribution is 9.10. The maximum atomic E-state index is 6.39. The Kier molecular flexibility index (Phi) is 4.99. The van der Waals surface area contributed by atoms with E-state index in [0.29, 0.717) is 12.5 Å². The molecule has 1 saturated carbocycles. The highest BCUT2D eigenvalue weighted by Gasteiger charge is 2.29. The molecule has 8 heteroatoms. The van der Waals surface area contributed by atoms with E-state index in [1.54, 1.807) is 17.6 Å². The minimum atomic E-state index is 0.195. The zero-order valence-corrected chi connectivity index (χ0v) is 16.6. The number of anilines is 1. The molecule has 2 atom stereocenters. The first kappa shape index (κ1) is 17.3. The lowest BCUT2D eigenvalue weighted by Gasteiger charge is -2.27. The van der Waals surface area contributed by atoms with Crippen molar-refractivity contribution in [3.05, 3.63) is 38.8 Å². The summed E-state index contributed by atoms with van der Waals surface area (Å²) in [6.45, 7) is 0.545. The molecule has 4 rings (SSSR count). The number of nitrogens with zero attached hydrogens (tertiary/aromatic N) is 2. The molecule has 1 aliphatic carbocycles. The Bertz CT molecular complexity index is 883. The van der Waals surface area contributed by atoms with Gasteiger partial charge < -0.3 is 15.5 Å². The van der Waals surface area contributed by atoms with Gasteiger partial charge in [0.05, 0.1) is 22.0 Å². The summed E-state index contributed by atoms with van der Waals surface area (Å²) < 4.78 is 7.37. The summed E-state index contributed by atoms with van der Waals surface area (Å²) >= 11 is 11.6. The van der Waals surface area contributed by atoms with Crippen molar-refractivity contribution in [2.24, 2.45) is 5.73 Å². The summed E-state index contributed by atoms with van der Waals surface area (Å²) in [7, 11) is 0. The number of hydrogen-bond donors (Lipinski definition) is 2. The quantitative estimate of drug-likeness (QED) is 0.537. The average molecular weight is 442 g/mol. The van der Waals surface area contributed by atoms with Crippen molar-refractivity contribution in [1.29, 1.82) is 0 Å². The number of nitrogens with one attached hydrogen (secondary N) is 1. The van der Waals surface area contributed by atoms with Gasteiger partial charge in [-0.05, 0) is 52.5 Å². The molecular formula is C17H18BrClN4OS. The van der Waals surface area contributed by atoms with Gasteiger partial charge in [-0.15, -0.1) is 11.3 Å². The first-order valence-corrected chi connectivity index (χ1v) is 10.3. The molecule has 0 bridgehead atoms. The summed E-state index contributed by atoms with van der Waals surface area (Å²) in [6, 6.07) is 3.98. The van der Waals surface area contributed by atoms with Crippen LogP contribution in [0.25, 0.3) is 10.2 Å². The van der Waals surface area contributed by atoms with Crippen LogP contribution in [0.1, 0.15) is 42.2 Å². The van der Waals surface area contributed by atoms with Crippen molar-refractivity contribution >= 4 is 54.9 Å². The van der Waals surface area contributed by atoms with Crippen LogP contribution in [0.2, 0.25) is 5.28 Å². The van der Waals surface area contributed by atoms with E-state index in [1.165, 1.54) is 17.7 Å². The highest BCUT2D eigenvalue weighted by atomic mass is 79.9. The van der Waals surface area contributed by atoms with Gasteiger partial charge in [0.1, 0.15) is 17.1 Å². The topological polar surface area (TPSA) is 77.0 Å². The molecule has 25 heavy (non-hydrogen) atoms. The van der Waals surface area contributed by atoms with Gasteiger partial charge in [0.15, 0.2) is 0 Å². The Morgan fingerprint density at radius 1 is 1.36 bits per heavy atom. The Labute approximate surface area is 163 Å². The molecule has 0 aliphatic heterocycles. The predicted octanol–water partition coefficient (Wildman–Crippen LogP) is 5.30. The van der Waals surface area contributed by atoms with E-state index in [-0.39, 0.29) is 11.3 Å². The lowest BCUT2D eigenvalue weighted by molar-refractivity contribution is 0.389. The fraction of sp³-hybridized carbons (Fsp3) is 0.412. The Hall–Kier alpha value is -1.15. The van der Waals surface area contributed by atoms with Gasteiger partial charge in [-0.1, -0.05) is 12.8 Å². The summed E-state index contributed by atoms with van der Waals surface area (Å²) in [5, 5.41) is 3.54. The molecule has 3 N–H and O–H groups in total. The first-order chi connectivity index (χ1) is 12.1. The third-order valence-electron chi connectivity index (χ3n) is 4.64. The lowest BCUT2D eigenvalue weighted by atomic mass is 9.84. The number of nitrogens with two attached hydrogens (primary N) is 1. The van der Waals surface area contributed by atoms with E-state index in [4.69, 9.17) is 21.8 Å². The first-order valence-electron chi connectivity index (χ1n) is 8.30. The second-order valence-corrected chi connectivity index (χ2v) is 8.47. The highest BCUT2D eigenvalue weighted by Crippen LogP contribution is 2.45. The van der Waals surface area contributed by atoms with Crippen LogP contribution in [0, 0.1) is 0 Å². The molecular weight excluding hydrogens is 424 g/mol. The Balaban J connectivity index is 1.72. The third-order valence-corrected chi connectivity index (χ3v) is 7.19. The zero-order chi connectivity index (χ0) is 17.4. The van der Waals surface area contributed by atoms with Crippen molar-refractivity contribution in [3.8, 4) is 0 Å². The van der Waals surface area contributed by atoms with Crippen LogP contribution < -0.4 is 11.1 Å². The number of hydrogen-bond acceptors (Lipinski definition) is 6. The van der Waals surface area contributed by atoms with Gasteiger partial charge >= 0.3 is 0 Å². The number of halogens is 2. The maximum Gasteiger partial charge on any atom is 0.225 e. The molecule has 3 aromatic rings. The minimum Gasteiger partial charge on any atom is -0.467 e. The zero-order valence-electron chi connectivity index (χ0n) is 13.5. The van der Waals surface area contributed by atoms with Crippen molar-refractivity contribution in [2.75, 3.05) is 5.32 Å². The molecule has 3 heterocycles. The molecule has 0 saturated heterocycles. The van der Waals surface area contributed by atoms with E-state index < -0.39 is 0 Å². The van der Waals surface area contributed by atoms with Crippen molar-refractivity contribution in [2.45, 2.75) is 44.2 Å². The summed E-state index contributed by atoms with van der Waals surface area (Å²) in [6.07, 6.45) is 6.27. The van der Waals surface area contributed by atoms with Crippen molar-refractivity contribution in [3.63, 3.8) is 0 Å². The van der Waals surface area contributed by atoms with Crippen LogP contribution in [-0.4, -0.2) is 16.0 Å². The molecule has 0 unspecified atom stereocenters. The standard InChI is InChI=1S/C17H18BrClN4OS/c18-12-13-15(25-14(12)10-5-1-2-6-11(10)20)16(23-17(19)22-13)21-8-9-4-3-7-24-9/h3-4,7,10-11H,1-2,5-6,8,20H2,(H,21,22,23)/t10-,11-/m1/s1. The van der Waals surface area contributed by atoms with E-state index in [9.17, 15) is 0 Å². The number of fused-ring (bicyclic) bond motifs is 1. The second kappa shape index (κ2) is 7.23. The number of thiophene rings is 1. The molecule has 1 fully saturated rings. The van der Waals surface area contributed by atoms with E-state index in [2.05, 4.69) is 31.2 Å². The molecule has 1 aliphatic rings. The van der Waals surface area contributed by atoms with Crippen LogP contribution >= 0.6 is 38.9 Å². The van der Waals surface area contributed by atoms with E-state index >= 15 is 0 Å². The van der Waals surface area contributed by atoms with Gasteiger partial charge in [0, 0.05) is 16.8 Å². The molecule has 3 aromatic heterocycles. The molecule has 0 amide bonds. The third kappa shape index (κ3) is 3.43. The van der Waals surface area contributed by atoms with Crippen molar-refractivity contribution in [1.82, 2.24) is 9.97 Å². The molecule has 0 spiro atoms. The molecule has 132 valence electrons. The van der Waals surface area contributed by atoms with Gasteiger partial charge in [0.25, 0.3) is 0 Å². The van der Waals surface area contributed by atoms with E-state index in [0.717, 1.165) is 39.1 Å². The van der Waals surface area contributed by atoms with Gasteiger partial charge in [-0.3, -0.25) is 0 Å². The predicted molar refractivity (Wildman–Crippen MR) is 105 cm³/mol. The molecule has 0 aromatic carbocycles. The minimum absolute atomic E-state index is 0.195. The lowest BCUT2D eigenvalue weighted by Crippen LogP contribution is -2.30. The number of aromatic nitrogens is 2. The summed E-state index contributed by atoms with van der Waals surface area (Å²) in [4.78, 5) is 10.1. The van der Waals surface area contributed by atoms with Crippen molar-refractivity contribution < 1.29 is 4.42 Å². The van der Waals surface area contributed by atoms with Gasteiger partial charge in [-0.2, -0.15) is 4.98 Å². The Morgan fingerprint density at radius 2 is 2.20 bits per heavy atom. The SMILES string of the molecule is N[C@@H]1CCCC[C@H]1c1sc2c(NCc3ccco3)nc(Cl)nc2c1Br. The van der Waals surface area contributed by atoms with Gasteiger partial charge in [0.2, 0.25) is 5.28 Å². The van der Waals surface area contributed by atoms with Crippen LogP contribution in [0.15, 0.2) is 27.3 Å². The normalized spacial score (nSPS) is 20.9. The fourth-order valence-electron chi connectivity index (χ4n) is 3.37. The van der Waals surface area contributed by atoms with E-state index in [1.807, 2.05) is 12.1 Å². The van der Waals surface area contributed by atoms with Crippen LogP contribution in [-0.2, 0) is 6.54 Å². The monoisotopic (exact) mass is 440 g/mol. The maximum absolute atomic E-state index is 6.39. The van der Waals surface area contributed by atoms with Crippen LogP contribution in [0.5, 0.6) is 0 Å². The second-order valence-electron chi connectivity index (χ2n) is 6.29. The smallest absolute Gasteiger partial charge is 0.225 e. The number of furan rings is 1. The van der Waals surface area contributed by atoms with Gasteiger partial charge in [-0.25, -0.2) is 4.98 Å².